The number of carbonyl (C=O) groups is 1. The molecule has 0 radical (unpaired) electrons. The van der Waals surface area contributed by atoms with E-state index in [1.807, 2.05) is 5.43 Å². The lowest BCUT2D eigenvalue weighted by Gasteiger charge is -1.96. The minimum absolute atomic E-state index is 0.151. The normalized spacial score (nSPS) is 10.3. The van der Waals surface area contributed by atoms with E-state index in [1.165, 1.54) is 0 Å². The number of amides is 1. The summed E-state index contributed by atoms with van der Waals surface area (Å²) in [5.74, 6) is 6.86. The molecule has 0 saturated carbocycles. The minimum atomic E-state index is -0.434. The molecule has 1 aromatic rings. The maximum Gasteiger partial charge on any atom is 0.300 e. The van der Waals surface area contributed by atoms with Gasteiger partial charge in [0.05, 0.1) is 6.61 Å². The van der Waals surface area contributed by atoms with Crippen LogP contribution in [0.2, 0.25) is 0 Å². The van der Waals surface area contributed by atoms with Crippen LogP contribution in [0.1, 0.15) is 21.9 Å². The molecule has 84 valence electrons. The molecule has 5 nitrogen and oxygen atoms in total. The molecule has 0 saturated heterocycles. The summed E-state index contributed by atoms with van der Waals surface area (Å²) in [6, 6.07) is 1.67. The Hall–Kier alpha value is -0.980. The van der Waals surface area contributed by atoms with E-state index >= 15 is 0 Å². The first-order valence-electron chi connectivity index (χ1n) is 4.48. The molecule has 6 heteroatoms. The highest BCUT2D eigenvalue weighted by Gasteiger charge is 2.12. The van der Waals surface area contributed by atoms with Crippen molar-refractivity contribution in [3.63, 3.8) is 0 Å². The fraction of sp³-hybridized carbons (Fsp3) is 0.444. The van der Waals surface area contributed by atoms with Gasteiger partial charge < -0.3 is 9.52 Å². The highest BCUT2D eigenvalue weighted by atomic mass is 32.2. The van der Waals surface area contributed by atoms with Crippen molar-refractivity contribution in [3.8, 4) is 0 Å². The average molecular weight is 230 g/mol. The molecule has 1 rings (SSSR count). The number of aliphatic hydroxyl groups excluding tert-OH is 1. The third kappa shape index (κ3) is 3.26. The molecule has 4 N–H and O–H groups in total. The standard InChI is InChI=1S/C9H14N2O3S/c1-6-7(5-15-3-2-12)4-8(14-6)9(13)11-10/h4,12H,2-3,5,10H2,1H3,(H,11,13). The first kappa shape index (κ1) is 12.1. The first-order valence-corrected chi connectivity index (χ1v) is 5.63. The maximum absolute atomic E-state index is 11.1. The molecule has 0 aliphatic carbocycles. The number of rotatable bonds is 5. The quantitative estimate of drug-likeness (QED) is 0.295. The van der Waals surface area contributed by atoms with Crippen molar-refractivity contribution in [2.45, 2.75) is 12.7 Å². The van der Waals surface area contributed by atoms with Gasteiger partial charge in [0, 0.05) is 17.1 Å². The topological polar surface area (TPSA) is 88.5 Å². The molecule has 15 heavy (non-hydrogen) atoms. The SMILES string of the molecule is Cc1oc(C(=O)NN)cc1CSCCO. The summed E-state index contributed by atoms with van der Waals surface area (Å²) in [7, 11) is 0. The Morgan fingerprint density at radius 3 is 3.07 bits per heavy atom. The Balaban J connectivity index is 2.64. The van der Waals surface area contributed by atoms with Gasteiger partial charge in [-0.05, 0) is 13.0 Å². The Morgan fingerprint density at radius 2 is 2.47 bits per heavy atom. The number of nitrogen functional groups attached to an aromatic ring is 1. The highest BCUT2D eigenvalue weighted by molar-refractivity contribution is 7.98. The lowest BCUT2D eigenvalue weighted by molar-refractivity contribution is 0.0924. The van der Waals surface area contributed by atoms with Crippen molar-refractivity contribution in [1.82, 2.24) is 5.43 Å². The van der Waals surface area contributed by atoms with Crippen molar-refractivity contribution >= 4 is 17.7 Å². The number of hydrazine groups is 1. The van der Waals surface area contributed by atoms with Gasteiger partial charge in [-0.25, -0.2) is 5.84 Å². The highest BCUT2D eigenvalue weighted by Crippen LogP contribution is 2.19. The number of nitrogens with two attached hydrogens (primary N) is 1. The van der Waals surface area contributed by atoms with Gasteiger partial charge in [-0.15, -0.1) is 0 Å². The second-order valence-electron chi connectivity index (χ2n) is 2.94. The van der Waals surface area contributed by atoms with Crippen molar-refractivity contribution in [1.29, 1.82) is 0 Å². The summed E-state index contributed by atoms with van der Waals surface area (Å²) < 4.78 is 5.23. The number of hydrogen-bond donors (Lipinski definition) is 3. The molecule has 0 spiro atoms. The maximum atomic E-state index is 11.1. The summed E-state index contributed by atoms with van der Waals surface area (Å²) in [6.45, 7) is 1.94. The van der Waals surface area contributed by atoms with Crippen LogP contribution in [0.15, 0.2) is 10.5 Å². The largest absolute Gasteiger partial charge is 0.456 e. The van der Waals surface area contributed by atoms with E-state index in [2.05, 4.69) is 0 Å². The zero-order valence-electron chi connectivity index (χ0n) is 8.45. The van der Waals surface area contributed by atoms with Crippen LogP contribution >= 0.6 is 11.8 Å². The smallest absolute Gasteiger partial charge is 0.300 e. The minimum Gasteiger partial charge on any atom is -0.456 e. The molecule has 1 amide bonds. The third-order valence-corrected chi connectivity index (χ3v) is 2.86. The van der Waals surface area contributed by atoms with Gasteiger partial charge in [0.25, 0.3) is 0 Å². The van der Waals surface area contributed by atoms with E-state index in [0.29, 0.717) is 17.3 Å². The predicted octanol–water partition coefficient (Wildman–Crippen LogP) is 0.417. The second-order valence-corrected chi connectivity index (χ2v) is 4.05. The van der Waals surface area contributed by atoms with Gasteiger partial charge in [0.1, 0.15) is 5.76 Å². The van der Waals surface area contributed by atoms with E-state index in [1.54, 1.807) is 24.8 Å². The molecule has 1 heterocycles. The number of thioether (sulfide) groups is 1. The van der Waals surface area contributed by atoms with Gasteiger partial charge >= 0.3 is 5.91 Å². The number of carbonyl (C=O) groups excluding carboxylic acids is 1. The molecule has 0 aromatic carbocycles. The van der Waals surface area contributed by atoms with E-state index < -0.39 is 5.91 Å². The van der Waals surface area contributed by atoms with Crippen LogP contribution in [-0.4, -0.2) is 23.4 Å². The fourth-order valence-corrected chi connectivity index (χ4v) is 1.87. The van der Waals surface area contributed by atoms with Crippen LogP contribution in [0, 0.1) is 6.92 Å². The Morgan fingerprint density at radius 1 is 1.73 bits per heavy atom. The Kier molecular flexibility index (Phi) is 4.67. The molecule has 1 aromatic heterocycles. The van der Waals surface area contributed by atoms with Crippen LogP contribution < -0.4 is 11.3 Å². The summed E-state index contributed by atoms with van der Waals surface area (Å²) in [5, 5.41) is 8.62. The van der Waals surface area contributed by atoms with Gasteiger partial charge in [-0.2, -0.15) is 11.8 Å². The van der Waals surface area contributed by atoms with E-state index in [4.69, 9.17) is 15.4 Å². The first-order chi connectivity index (χ1) is 7.19. The molecule has 0 aliphatic rings. The number of nitrogens with one attached hydrogen (secondary N) is 1. The third-order valence-electron chi connectivity index (χ3n) is 1.87. The monoisotopic (exact) mass is 230 g/mol. The number of aliphatic hydroxyl groups is 1. The summed E-state index contributed by atoms with van der Waals surface area (Å²) >= 11 is 1.58. The van der Waals surface area contributed by atoms with Crippen molar-refractivity contribution in [2.24, 2.45) is 5.84 Å². The second kappa shape index (κ2) is 5.79. The van der Waals surface area contributed by atoms with Crippen LogP contribution in [0.3, 0.4) is 0 Å². The van der Waals surface area contributed by atoms with Crippen molar-refractivity contribution in [3.05, 3.63) is 23.2 Å². The van der Waals surface area contributed by atoms with Crippen LogP contribution in [0.5, 0.6) is 0 Å². The molecule has 0 fully saturated rings. The molecule has 0 aliphatic heterocycles. The lowest BCUT2D eigenvalue weighted by Crippen LogP contribution is -2.29. The molecule has 0 unspecified atom stereocenters. The van der Waals surface area contributed by atoms with Crippen LogP contribution in [0.25, 0.3) is 0 Å². The van der Waals surface area contributed by atoms with Gasteiger partial charge in [0.2, 0.25) is 0 Å². The molecule has 0 atom stereocenters. The summed E-state index contributed by atoms with van der Waals surface area (Å²) in [5.41, 5.74) is 2.96. The summed E-state index contributed by atoms with van der Waals surface area (Å²) in [6.07, 6.45) is 0. The van der Waals surface area contributed by atoms with Gasteiger partial charge in [0.15, 0.2) is 5.76 Å². The van der Waals surface area contributed by atoms with Crippen molar-refractivity contribution < 1.29 is 14.3 Å². The zero-order chi connectivity index (χ0) is 11.3. The number of furan rings is 1. The molecular weight excluding hydrogens is 216 g/mol. The lowest BCUT2D eigenvalue weighted by atomic mass is 10.3. The van der Waals surface area contributed by atoms with Gasteiger partial charge in [-0.3, -0.25) is 10.2 Å². The predicted molar refractivity (Wildman–Crippen MR) is 58.3 cm³/mol. The Labute approximate surface area is 92.0 Å². The number of hydrogen-bond acceptors (Lipinski definition) is 5. The summed E-state index contributed by atoms with van der Waals surface area (Å²) in [4.78, 5) is 11.1. The van der Waals surface area contributed by atoms with E-state index in [9.17, 15) is 4.79 Å². The zero-order valence-corrected chi connectivity index (χ0v) is 9.26. The fourth-order valence-electron chi connectivity index (χ4n) is 1.09. The van der Waals surface area contributed by atoms with Crippen LogP contribution in [0.4, 0.5) is 0 Å². The molecular formula is C9H14N2O3S. The van der Waals surface area contributed by atoms with Crippen LogP contribution in [-0.2, 0) is 5.75 Å². The average Bonchev–Trinajstić information content (AvgIpc) is 2.60. The number of aryl methyl sites for hydroxylation is 1. The van der Waals surface area contributed by atoms with E-state index in [-0.39, 0.29) is 12.4 Å². The van der Waals surface area contributed by atoms with Crippen molar-refractivity contribution in [2.75, 3.05) is 12.4 Å². The van der Waals surface area contributed by atoms with E-state index in [0.717, 1.165) is 5.56 Å². The van der Waals surface area contributed by atoms with Gasteiger partial charge in [-0.1, -0.05) is 0 Å². The Bertz CT molecular complexity index is 338. The molecule has 0 bridgehead atoms.